The molecule has 0 amide bonds. The first kappa shape index (κ1) is 18.7. The van der Waals surface area contributed by atoms with Gasteiger partial charge in [0.1, 0.15) is 23.7 Å². The van der Waals surface area contributed by atoms with Crippen molar-refractivity contribution in [1.82, 2.24) is 9.97 Å². The lowest BCUT2D eigenvalue weighted by atomic mass is 9.90. The number of rotatable bonds is 5. The van der Waals surface area contributed by atoms with Crippen molar-refractivity contribution in [2.24, 2.45) is 5.92 Å². The van der Waals surface area contributed by atoms with Gasteiger partial charge < -0.3 is 9.64 Å². The molecule has 0 N–H and O–H groups in total. The summed E-state index contributed by atoms with van der Waals surface area (Å²) >= 11 is 6.03. The van der Waals surface area contributed by atoms with Crippen molar-refractivity contribution in [1.29, 1.82) is 0 Å². The molecule has 0 unspecified atom stereocenters. The van der Waals surface area contributed by atoms with E-state index in [0.717, 1.165) is 38.2 Å². The summed E-state index contributed by atoms with van der Waals surface area (Å²) in [7, 11) is 0. The normalized spacial score (nSPS) is 14.9. The lowest BCUT2D eigenvalue weighted by Crippen LogP contribution is -2.34. The molecule has 0 radical (unpaired) electrons. The number of halogens is 2. The largest absolute Gasteiger partial charge is 0.437 e. The van der Waals surface area contributed by atoms with E-state index in [-0.39, 0.29) is 5.02 Å². The van der Waals surface area contributed by atoms with Crippen LogP contribution in [-0.2, 0) is 6.42 Å². The smallest absolute Gasteiger partial charge is 0.224 e. The molecule has 1 aromatic heterocycles. The number of benzene rings is 2. The van der Waals surface area contributed by atoms with Gasteiger partial charge in [-0.1, -0.05) is 41.9 Å². The summed E-state index contributed by atoms with van der Waals surface area (Å²) in [6, 6.07) is 16.5. The summed E-state index contributed by atoms with van der Waals surface area (Å²) in [5.74, 6) is 1.88. The molecule has 6 heteroatoms. The molecule has 3 aromatic rings. The fourth-order valence-corrected chi connectivity index (χ4v) is 3.75. The van der Waals surface area contributed by atoms with E-state index in [2.05, 4.69) is 45.2 Å². The second-order valence-electron chi connectivity index (χ2n) is 7.01. The van der Waals surface area contributed by atoms with Gasteiger partial charge in [-0.15, -0.1) is 0 Å². The Morgan fingerprint density at radius 1 is 1.04 bits per heavy atom. The van der Waals surface area contributed by atoms with Crippen LogP contribution in [0.1, 0.15) is 18.4 Å². The van der Waals surface area contributed by atoms with Crippen molar-refractivity contribution in [3.8, 4) is 11.6 Å². The van der Waals surface area contributed by atoms with E-state index in [4.69, 9.17) is 16.3 Å². The predicted molar refractivity (Wildman–Crippen MR) is 109 cm³/mol. The maximum absolute atomic E-state index is 13.2. The van der Waals surface area contributed by atoms with Crippen molar-refractivity contribution >= 4 is 17.4 Å². The van der Waals surface area contributed by atoms with Gasteiger partial charge in [0, 0.05) is 19.2 Å². The second-order valence-corrected chi connectivity index (χ2v) is 7.42. The summed E-state index contributed by atoms with van der Waals surface area (Å²) < 4.78 is 18.9. The molecule has 2 heterocycles. The van der Waals surface area contributed by atoms with Crippen LogP contribution in [0.15, 0.2) is 60.9 Å². The molecule has 1 aliphatic heterocycles. The third-order valence-corrected chi connectivity index (χ3v) is 5.34. The Bertz CT molecular complexity index is 930. The number of ether oxygens (including phenoxy) is 1. The van der Waals surface area contributed by atoms with E-state index in [1.165, 1.54) is 30.1 Å². The molecule has 0 spiro atoms. The minimum absolute atomic E-state index is 0.210. The average Bonchev–Trinajstić information content (AvgIpc) is 2.72. The van der Waals surface area contributed by atoms with E-state index in [1.807, 2.05) is 0 Å². The van der Waals surface area contributed by atoms with Gasteiger partial charge in [-0.2, -0.15) is 0 Å². The Balaban J connectivity index is 1.38. The van der Waals surface area contributed by atoms with Crippen LogP contribution in [0, 0.1) is 11.7 Å². The zero-order chi connectivity index (χ0) is 19.3. The van der Waals surface area contributed by atoms with Gasteiger partial charge in [-0.25, -0.2) is 14.4 Å². The zero-order valence-corrected chi connectivity index (χ0v) is 16.1. The number of aromatic nitrogens is 2. The molecule has 4 nitrogen and oxygen atoms in total. The van der Waals surface area contributed by atoms with Gasteiger partial charge in [-0.3, -0.25) is 0 Å². The van der Waals surface area contributed by atoms with E-state index in [0.29, 0.717) is 17.5 Å². The summed E-state index contributed by atoms with van der Waals surface area (Å²) in [6.45, 7) is 1.90. The maximum Gasteiger partial charge on any atom is 0.224 e. The van der Waals surface area contributed by atoms with Crippen LogP contribution in [0.2, 0.25) is 5.02 Å². The average molecular weight is 398 g/mol. The van der Waals surface area contributed by atoms with Gasteiger partial charge in [-0.05, 0) is 48.9 Å². The highest BCUT2D eigenvalue weighted by molar-refractivity contribution is 6.32. The zero-order valence-electron chi connectivity index (χ0n) is 15.4. The van der Waals surface area contributed by atoms with Crippen LogP contribution in [0.3, 0.4) is 0 Å². The highest BCUT2D eigenvalue weighted by Gasteiger charge is 2.21. The fourth-order valence-electron chi connectivity index (χ4n) is 3.54. The Hall–Kier alpha value is -2.66. The van der Waals surface area contributed by atoms with E-state index < -0.39 is 5.82 Å². The minimum atomic E-state index is -0.404. The third-order valence-electron chi connectivity index (χ3n) is 5.04. The topological polar surface area (TPSA) is 38.2 Å². The van der Waals surface area contributed by atoms with E-state index >= 15 is 0 Å². The number of piperidine rings is 1. The SMILES string of the molecule is Fc1ccc(Oc2cc(N3CCC(Cc4ccccc4)CC3)ncn2)c(Cl)c1. The minimum Gasteiger partial charge on any atom is -0.437 e. The van der Waals surface area contributed by atoms with Gasteiger partial charge >= 0.3 is 0 Å². The number of anilines is 1. The monoisotopic (exact) mass is 397 g/mol. The molecule has 0 bridgehead atoms. The molecule has 0 saturated carbocycles. The summed E-state index contributed by atoms with van der Waals surface area (Å²) in [4.78, 5) is 10.8. The third kappa shape index (κ3) is 4.60. The number of nitrogens with zero attached hydrogens (tertiary/aromatic N) is 3. The first-order valence-electron chi connectivity index (χ1n) is 9.41. The molecule has 1 aliphatic rings. The van der Waals surface area contributed by atoms with E-state index in [1.54, 1.807) is 6.07 Å². The lowest BCUT2D eigenvalue weighted by molar-refractivity contribution is 0.401. The van der Waals surface area contributed by atoms with Crippen molar-refractivity contribution in [2.75, 3.05) is 18.0 Å². The van der Waals surface area contributed by atoms with E-state index in [9.17, 15) is 4.39 Å². The highest BCUT2D eigenvalue weighted by Crippen LogP contribution is 2.31. The first-order valence-corrected chi connectivity index (χ1v) is 9.79. The highest BCUT2D eigenvalue weighted by atomic mass is 35.5. The molecular formula is C22H21ClFN3O. The Morgan fingerprint density at radius 3 is 2.57 bits per heavy atom. The van der Waals surface area contributed by atoms with Gasteiger partial charge in [0.2, 0.25) is 5.88 Å². The molecule has 1 fully saturated rings. The van der Waals surface area contributed by atoms with Crippen LogP contribution in [0.4, 0.5) is 10.2 Å². The molecule has 0 atom stereocenters. The molecular weight excluding hydrogens is 377 g/mol. The van der Waals surface area contributed by atoms with Crippen molar-refractivity contribution in [2.45, 2.75) is 19.3 Å². The first-order chi connectivity index (χ1) is 13.7. The van der Waals surface area contributed by atoms with Crippen LogP contribution >= 0.6 is 11.6 Å². The number of hydrogen-bond donors (Lipinski definition) is 0. The lowest BCUT2D eigenvalue weighted by Gasteiger charge is -2.32. The van der Waals surface area contributed by atoms with Crippen molar-refractivity contribution < 1.29 is 9.13 Å². The Morgan fingerprint density at radius 2 is 1.82 bits per heavy atom. The molecule has 1 saturated heterocycles. The van der Waals surface area contributed by atoms with Crippen molar-refractivity contribution in [3.05, 3.63) is 77.3 Å². The summed E-state index contributed by atoms with van der Waals surface area (Å²) in [5, 5.41) is 0.210. The standard InChI is InChI=1S/C22H21ClFN3O/c23-19-13-18(24)6-7-20(19)28-22-14-21(25-15-26-22)27-10-8-17(9-11-27)12-16-4-2-1-3-5-16/h1-7,13-15,17H,8-12H2. The van der Waals surface area contributed by atoms with Crippen LogP contribution in [0.5, 0.6) is 11.6 Å². The molecule has 2 aromatic carbocycles. The van der Waals surface area contributed by atoms with Gasteiger partial charge in [0.25, 0.3) is 0 Å². The Labute approximate surface area is 169 Å². The predicted octanol–water partition coefficient (Wildman–Crippen LogP) is 5.52. The number of hydrogen-bond acceptors (Lipinski definition) is 4. The van der Waals surface area contributed by atoms with Crippen LogP contribution in [0.25, 0.3) is 0 Å². The maximum atomic E-state index is 13.2. The van der Waals surface area contributed by atoms with Gasteiger partial charge in [0.05, 0.1) is 5.02 Å². The molecule has 144 valence electrons. The van der Waals surface area contributed by atoms with Gasteiger partial charge in [0.15, 0.2) is 0 Å². The molecule has 0 aliphatic carbocycles. The summed E-state index contributed by atoms with van der Waals surface area (Å²) in [5.41, 5.74) is 1.40. The quantitative estimate of drug-likeness (QED) is 0.568. The second kappa shape index (κ2) is 8.57. The van der Waals surface area contributed by atoms with Crippen LogP contribution < -0.4 is 9.64 Å². The molecule has 4 rings (SSSR count). The fraction of sp³-hybridized carbons (Fsp3) is 0.273. The Kier molecular flexibility index (Phi) is 5.72. The summed E-state index contributed by atoms with van der Waals surface area (Å²) in [6.07, 6.45) is 4.85. The van der Waals surface area contributed by atoms with Crippen molar-refractivity contribution in [3.63, 3.8) is 0 Å². The molecule has 28 heavy (non-hydrogen) atoms. The van der Waals surface area contributed by atoms with Crippen LogP contribution in [-0.4, -0.2) is 23.1 Å².